The first-order valence-electron chi connectivity index (χ1n) is 6.21. The van der Waals surface area contributed by atoms with Gasteiger partial charge in [0.05, 0.1) is 5.56 Å². The van der Waals surface area contributed by atoms with E-state index in [0.717, 1.165) is 12.5 Å². The van der Waals surface area contributed by atoms with Crippen molar-refractivity contribution in [3.8, 4) is 5.88 Å². The molecule has 1 aromatic heterocycles. The molecule has 5 N–H and O–H groups in total. The first-order chi connectivity index (χ1) is 8.75. The molecule has 1 aromatic rings. The quantitative estimate of drug-likeness (QED) is 0.625. The van der Waals surface area contributed by atoms with Crippen LogP contribution in [0.1, 0.15) is 37.6 Å². The SMILES string of the molecule is CC(C)CC(C)(CN)NC(=O)c1cc(O)[nH]c(=O)c1. The molecule has 1 amide bonds. The van der Waals surface area contributed by atoms with Crippen LogP contribution in [-0.2, 0) is 0 Å². The number of nitrogens with two attached hydrogens (primary N) is 1. The maximum Gasteiger partial charge on any atom is 0.252 e. The van der Waals surface area contributed by atoms with Crippen LogP contribution in [0.5, 0.6) is 5.88 Å². The minimum Gasteiger partial charge on any atom is -0.494 e. The summed E-state index contributed by atoms with van der Waals surface area (Å²) in [4.78, 5) is 25.5. The van der Waals surface area contributed by atoms with E-state index in [4.69, 9.17) is 5.73 Å². The third-order valence-electron chi connectivity index (χ3n) is 2.82. The summed E-state index contributed by atoms with van der Waals surface area (Å²) in [7, 11) is 0. The Hall–Kier alpha value is -1.82. The Morgan fingerprint density at radius 1 is 1.53 bits per heavy atom. The lowest BCUT2D eigenvalue weighted by Gasteiger charge is -2.31. The molecule has 19 heavy (non-hydrogen) atoms. The first-order valence-corrected chi connectivity index (χ1v) is 6.21. The first kappa shape index (κ1) is 15.2. The third kappa shape index (κ3) is 4.40. The Bertz CT molecular complexity index is 510. The summed E-state index contributed by atoms with van der Waals surface area (Å²) in [5.41, 5.74) is 4.76. The van der Waals surface area contributed by atoms with Crippen molar-refractivity contribution in [1.29, 1.82) is 0 Å². The summed E-state index contributed by atoms with van der Waals surface area (Å²) >= 11 is 0. The average molecular weight is 267 g/mol. The van der Waals surface area contributed by atoms with Crippen LogP contribution < -0.4 is 16.6 Å². The average Bonchev–Trinajstić information content (AvgIpc) is 2.26. The number of aromatic hydroxyl groups is 1. The minimum absolute atomic E-state index is 0.115. The van der Waals surface area contributed by atoms with Crippen LogP contribution in [0, 0.1) is 5.92 Å². The van der Waals surface area contributed by atoms with E-state index in [-0.39, 0.29) is 11.4 Å². The lowest BCUT2D eigenvalue weighted by atomic mass is 9.90. The summed E-state index contributed by atoms with van der Waals surface area (Å²) in [6.45, 7) is 6.24. The second-order valence-electron chi connectivity index (χ2n) is 5.44. The van der Waals surface area contributed by atoms with Crippen molar-refractivity contribution in [1.82, 2.24) is 10.3 Å². The van der Waals surface area contributed by atoms with Crippen molar-refractivity contribution in [2.75, 3.05) is 6.54 Å². The van der Waals surface area contributed by atoms with Gasteiger partial charge in [0.2, 0.25) is 0 Å². The molecule has 0 saturated carbocycles. The molecule has 106 valence electrons. The minimum atomic E-state index is -0.538. The summed E-state index contributed by atoms with van der Waals surface area (Å²) in [6.07, 6.45) is 0.727. The van der Waals surface area contributed by atoms with Crippen LogP contribution in [0.15, 0.2) is 16.9 Å². The van der Waals surface area contributed by atoms with Crippen LogP contribution in [0.2, 0.25) is 0 Å². The zero-order valence-corrected chi connectivity index (χ0v) is 11.5. The molecule has 6 nitrogen and oxygen atoms in total. The second-order valence-corrected chi connectivity index (χ2v) is 5.44. The maximum atomic E-state index is 12.1. The van der Waals surface area contributed by atoms with Crippen molar-refractivity contribution >= 4 is 5.91 Å². The van der Waals surface area contributed by atoms with Gasteiger partial charge in [0.15, 0.2) is 5.88 Å². The molecule has 0 radical (unpaired) electrons. The number of aromatic nitrogens is 1. The van der Waals surface area contributed by atoms with Crippen molar-refractivity contribution in [2.24, 2.45) is 11.7 Å². The number of aromatic amines is 1. The Morgan fingerprint density at radius 2 is 2.16 bits per heavy atom. The van der Waals surface area contributed by atoms with E-state index in [1.807, 2.05) is 20.8 Å². The number of hydrogen-bond acceptors (Lipinski definition) is 4. The molecule has 0 fully saturated rings. The number of carbonyl (C=O) groups excluding carboxylic acids is 1. The molecular formula is C13H21N3O3. The number of rotatable bonds is 5. The molecule has 1 heterocycles. The molecule has 0 saturated heterocycles. The molecule has 1 atom stereocenters. The van der Waals surface area contributed by atoms with Gasteiger partial charge in [0, 0.05) is 24.2 Å². The highest BCUT2D eigenvalue weighted by Crippen LogP contribution is 2.16. The van der Waals surface area contributed by atoms with Gasteiger partial charge in [0.1, 0.15) is 0 Å². The summed E-state index contributed by atoms with van der Waals surface area (Å²) in [6, 6.07) is 2.35. The van der Waals surface area contributed by atoms with Gasteiger partial charge in [-0.25, -0.2) is 0 Å². The molecule has 0 aliphatic rings. The second kappa shape index (κ2) is 5.88. The lowest BCUT2D eigenvalue weighted by molar-refractivity contribution is 0.0897. The van der Waals surface area contributed by atoms with Crippen molar-refractivity contribution in [3.05, 3.63) is 28.0 Å². The van der Waals surface area contributed by atoms with Crippen LogP contribution in [-0.4, -0.2) is 28.1 Å². The highest BCUT2D eigenvalue weighted by atomic mass is 16.3. The normalized spacial score (nSPS) is 14.2. The Labute approximate surface area is 112 Å². The molecule has 0 spiro atoms. The largest absolute Gasteiger partial charge is 0.494 e. The van der Waals surface area contributed by atoms with Gasteiger partial charge in [-0.3, -0.25) is 14.6 Å². The molecular weight excluding hydrogens is 246 g/mol. The van der Waals surface area contributed by atoms with E-state index < -0.39 is 17.0 Å². The highest BCUT2D eigenvalue weighted by Gasteiger charge is 2.26. The fourth-order valence-corrected chi connectivity index (χ4v) is 2.09. The lowest BCUT2D eigenvalue weighted by Crippen LogP contribution is -2.52. The molecule has 0 aliphatic carbocycles. The predicted octanol–water partition coefficient (Wildman–Crippen LogP) is 0.574. The van der Waals surface area contributed by atoms with Gasteiger partial charge in [-0.05, 0) is 19.3 Å². The number of carbonyl (C=O) groups is 1. The fraction of sp³-hybridized carbons (Fsp3) is 0.538. The Balaban J connectivity index is 2.91. The molecule has 0 aromatic carbocycles. The van der Waals surface area contributed by atoms with Crippen LogP contribution in [0.4, 0.5) is 0 Å². The molecule has 1 unspecified atom stereocenters. The topological polar surface area (TPSA) is 108 Å². The number of hydrogen-bond donors (Lipinski definition) is 4. The molecule has 0 aliphatic heterocycles. The number of nitrogens with one attached hydrogen (secondary N) is 2. The zero-order chi connectivity index (χ0) is 14.6. The van der Waals surface area contributed by atoms with Crippen molar-refractivity contribution in [3.63, 3.8) is 0 Å². The van der Waals surface area contributed by atoms with Gasteiger partial charge >= 0.3 is 0 Å². The van der Waals surface area contributed by atoms with E-state index in [1.165, 1.54) is 6.07 Å². The summed E-state index contributed by atoms with van der Waals surface area (Å²) < 4.78 is 0. The van der Waals surface area contributed by atoms with Crippen molar-refractivity contribution in [2.45, 2.75) is 32.7 Å². The van der Waals surface area contributed by atoms with Gasteiger partial charge < -0.3 is 16.2 Å². The van der Waals surface area contributed by atoms with Crippen LogP contribution in [0.25, 0.3) is 0 Å². The van der Waals surface area contributed by atoms with Gasteiger partial charge in [-0.1, -0.05) is 13.8 Å². The predicted molar refractivity (Wildman–Crippen MR) is 73.1 cm³/mol. The van der Waals surface area contributed by atoms with E-state index in [1.54, 1.807) is 0 Å². The zero-order valence-electron chi connectivity index (χ0n) is 11.5. The number of amides is 1. The maximum absolute atomic E-state index is 12.1. The van der Waals surface area contributed by atoms with Crippen LogP contribution >= 0.6 is 0 Å². The number of pyridine rings is 1. The molecule has 6 heteroatoms. The van der Waals surface area contributed by atoms with E-state index >= 15 is 0 Å². The van der Waals surface area contributed by atoms with Gasteiger partial charge in [0.25, 0.3) is 11.5 Å². The van der Waals surface area contributed by atoms with E-state index in [2.05, 4.69) is 10.3 Å². The Morgan fingerprint density at radius 3 is 2.63 bits per heavy atom. The fourth-order valence-electron chi connectivity index (χ4n) is 2.09. The smallest absolute Gasteiger partial charge is 0.252 e. The van der Waals surface area contributed by atoms with Gasteiger partial charge in [-0.15, -0.1) is 0 Å². The molecule has 0 bridgehead atoms. The molecule has 1 rings (SSSR count). The number of H-pyrrole nitrogens is 1. The Kier molecular flexibility index (Phi) is 4.72. The highest BCUT2D eigenvalue weighted by molar-refractivity contribution is 5.94. The standard InChI is InChI=1S/C13H21N3O3/c1-8(2)6-13(3,7-14)16-12(19)9-4-10(17)15-11(18)5-9/h4-5,8H,6-7,14H2,1-3H3,(H,16,19)(H2,15,17,18). The summed E-state index contributed by atoms with van der Waals surface area (Å²) in [5, 5.41) is 12.1. The monoisotopic (exact) mass is 267 g/mol. The van der Waals surface area contributed by atoms with E-state index in [0.29, 0.717) is 12.5 Å². The van der Waals surface area contributed by atoms with E-state index in [9.17, 15) is 14.7 Å². The van der Waals surface area contributed by atoms with Crippen LogP contribution in [0.3, 0.4) is 0 Å². The summed E-state index contributed by atoms with van der Waals surface area (Å²) in [5.74, 6) is -0.382. The van der Waals surface area contributed by atoms with Crippen molar-refractivity contribution < 1.29 is 9.90 Å². The van der Waals surface area contributed by atoms with Gasteiger partial charge in [-0.2, -0.15) is 0 Å². The third-order valence-corrected chi connectivity index (χ3v) is 2.82.